The molecule has 1 amide bonds. The van der Waals surface area contributed by atoms with E-state index in [0.717, 1.165) is 9.35 Å². The minimum absolute atomic E-state index is 0.214. The summed E-state index contributed by atoms with van der Waals surface area (Å²) in [7, 11) is 0. The first-order chi connectivity index (χ1) is 8.49. The lowest BCUT2D eigenvalue weighted by Crippen LogP contribution is -2.12. The zero-order chi connectivity index (χ0) is 13.3. The molecule has 0 saturated carbocycles. The van der Waals surface area contributed by atoms with Crippen LogP contribution < -0.4 is 11.1 Å². The highest BCUT2D eigenvalue weighted by atomic mass is 79.9. The van der Waals surface area contributed by atoms with E-state index in [-0.39, 0.29) is 5.91 Å². The molecule has 1 aromatic heterocycles. The van der Waals surface area contributed by atoms with Crippen molar-refractivity contribution >= 4 is 56.1 Å². The quantitative estimate of drug-likeness (QED) is 0.797. The van der Waals surface area contributed by atoms with Gasteiger partial charge in [-0.2, -0.15) is 0 Å². The Bertz CT molecular complexity index is 572. The Kier molecular flexibility index (Phi) is 3.94. The number of para-hydroxylation sites is 1. The normalized spacial score (nSPS) is 10.4. The van der Waals surface area contributed by atoms with Gasteiger partial charge in [0, 0.05) is 0 Å². The zero-order valence-corrected chi connectivity index (χ0v) is 12.6. The van der Waals surface area contributed by atoms with Crippen LogP contribution >= 0.6 is 38.9 Å². The molecule has 0 saturated heterocycles. The van der Waals surface area contributed by atoms with Crippen LogP contribution in [0.15, 0.2) is 28.1 Å². The average Bonchev–Trinajstić information content (AvgIpc) is 2.64. The van der Waals surface area contributed by atoms with Gasteiger partial charge in [0.05, 0.1) is 25.1 Å². The Balaban J connectivity index is 2.27. The predicted octanol–water partition coefficient (Wildman–Crippen LogP) is 4.31. The number of thiophene rings is 1. The minimum atomic E-state index is -0.214. The molecule has 0 aliphatic rings. The number of nitrogens with one attached hydrogen (secondary N) is 1. The number of hydrogen-bond acceptors (Lipinski definition) is 3. The number of carbonyl (C=O) groups is 1. The van der Waals surface area contributed by atoms with Crippen LogP contribution in [-0.2, 0) is 0 Å². The second kappa shape index (κ2) is 5.30. The lowest BCUT2D eigenvalue weighted by Gasteiger charge is -2.08. The van der Waals surface area contributed by atoms with Crippen LogP contribution in [0, 0.1) is 6.92 Å². The largest absolute Gasteiger partial charge is 0.397 e. The van der Waals surface area contributed by atoms with Crippen LogP contribution in [0.3, 0.4) is 0 Å². The molecule has 1 aromatic carbocycles. The van der Waals surface area contributed by atoms with Crippen molar-refractivity contribution in [3.8, 4) is 0 Å². The average molecular weight is 346 g/mol. The fourth-order valence-electron chi connectivity index (χ4n) is 1.42. The molecule has 6 heteroatoms. The summed E-state index contributed by atoms with van der Waals surface area (Å²) >= 11 is 10.8. The molecule has 2 aromatic rings. The van der Waals surface area contributed by atoms with Crippen molar-refractivity contribution in [3.05, 3.63) is 43.5 Å². The number of benzene rings is 1. The van der Waals surface area contributed by atoms with Gasteiger partial charge in [0.25, 0.3) is 5.91 Å². The van der Waals surface area contributed by atoms with Gasteiger partial charge in [-0.1, -0.05) is 17.7 Å². The van der Waals surface area contributed by atoms with Gasteiger partial charge < -0.3 is 11.1 Å². The first kappa shape index (κ1) is 13.4. The summed E-state index contributed by atoms with van der Waals surface area (Å²) in [6.07, 6.45) is 0. The van der Waals surface area contributed by atoms with Crippen LogP contribution in [0.4, 0.5) is 11.4 Å². The molecule has 0 radical (unpaired) electrons. The van der Waals surface area contributed by atoms with Crippen LogP contribution in [0.1, 0.15) is 15.2 Å². The summed E-state index contributed by atoms with van der Waals surface area (Å²) in [6.45, 7) is 1.93. The molecule has 0 bridgehead atoms. The molecular formula is C12H10BrClN2OS. The number of aryl methyl sites for hydroxylation is 1. The first-order valence-corrected chi connectivity index (χ1v) is 7.09. The van der Waals surface area contributed by atoms with E-state index in [1.54, 1.807) is 18.2 Å². The fourth-order valence-corrected chi connectivity index (χ4v) is 3.08. The van der Waals surface area contributed by atoms with Gasteiger partial charge >= 0.3 is 0 Å². The molecule has 18 heavy (non-hydrogen) atoms. The number of amides is 1. The maximum atomic E-state index is 12.0. The number of halogens is 2. The van der Waals surface area contributed by atoms with Crippen molar-refractivity contribution < 1.29 is 4.79 Å². The predicted molar refractivity (Wildman–Crippen MR) is 80.6 cm³/mol. The van der Waals surface area contributed by atoms with E-state index in [0.29, 0.717) is 21.3 Å². The number of carbonyl (C=O) groups excluding carboxylic acids is 1. The van der Waals surface area contributed by atoms with Gasteiger partial charge in [-0.05, 0) is 46.6 Å². The molecule has 2 rings (SSSR count). The SMILES string of the molecule is Cc1cc(C(=O)Nc2c(N)cccc2Cl)sc1Br. The van der Waals surface area contributed by atoms with E-state index < -0.39 is 0 Å². The van der Waals surface area contributed by atoms with E-state index in [9.17, 15) is 4.79 Å². The van der Waals surface area contributed by atoms with Crippen molar-refractivity contribution in [1.82, 2.24) is 0 Å². The molecule has 94 valence electrons. The molecule has 0 unspecified atom stereocenters. The summed E-state index contributed by atoms with van der Waals surface area (Å²) in [5.74, 6) is -0.214. The molecule has 0 spiro atoms. The van der Waals surface area contributed by atoms with E-state index >= 15 is 0 Å². The Morgan fingerprint density at radius 2 is 2.22 bits per heavy atom. The van der Waals surface area contributed by atoms with Gasteiger partial charge in [0.15, 0.2) is 0 Å². The Morgan fingerprint density at radius 3 is 2.78 bits per heavy atom. The van der Waals surface area contributed by atoms with E-state index in [2.05, 4.69) is 21.2 Å². The monoisotopic (exact) mass is 344 g/mol. The molecule has 3 nitrogen and oxygen atoms in total. The van der Waals surface area contributed by atoms with Crippen molar-refractivity contribution in [3.63, 3.8) is 0 Å². The minimum Gasteiger partial charge on any atom is -0.397 e. The highest BCUT2D eigenvalue weighted by Gasteiger charge is 2.14. The molecular weight excluding hydrogens is 336 g/mol. The summed E-state index contributed by atoms with van der Waals surface area (Å²) in [6, 6.07) is 6.93. The van der Waals surface area contributed by atoms with Crippen LogP contribution in [-0.4, -0.2) is 5.91 Å². The van der Waals surface area contributed by atoms with E-state index in [4.69, 9.17) is 17.3 Å². The van der Waals surface area contributed by atoms with Crippen molar-refractivity contribution in [2.45, 2.75) is 6.92 Å². The maximum Gasteiger partial charge on any atom is 0.265 e. The molecule has 0 aliphatic carbocycles. The maximum absolute atomic E-state index is 12.0. The summed E-state index contributed by atoms with van der Waals surface area (Å²) < 4.78 is 0.944. The number of nitrogens with two attached hydrogens (primary N) is 1. The van der Waals surface area contributed by atoms with Gasteiger partial charge in [-0.25, -0.2) is 0 Å². The smallest absolute Gasteiger partial charge is 0.265 e. The highest BCUT2D eigenvalue weighted by molar-refractivity contribution is 9.11. The zero-order valence-electron chi connectivity index (χ0n) is 9.46. The van der Waals surface area contributed by atoms with Gasteiger partial charge in [0.2, 0.25) is 0 Å². The molecule has 0 atom stereocenters. The Morgan fingerprint density at radius 1 is 1.50 bits per heavy atom. The number of anilines is 2. The molecule has 1 heterocycles. The Labute approximate surface area is 122 Å². The lowest BCUT2D eigenvalue weighted by atomic mass is 10.2. The van der Waals surface area contributed by atoms with Crippen molar-refractivity contribution in [2.24, 2.45) is 0 Å². The summed E-state index contributed by atoms with van der Waals surface area (Å²) in [4.78, 5) is 12.7. The second-order valence-corrected chi connectivity index (χ2v) is 6.50. The molecule has 3 N–H and O–H groups in total. The molecule has 0 aliphatic heterocycles. The summed E-state index contributed by atoms with van der Waals surface area (Å²) in [5.41, 5.74) is 7.70. The third kappa shape index (κ3) is 2.68. The van der Waals surface area contributed by atoms with Gasteiger partial charge in [0.1, 0.15) is 0 Å². The van der Waals surface area contributed by atoms with Crippen LogP contribution in [0.5, 0.6) is 0 Å². The standard InChI is InChI=1S/C12H10BrClN2OS/c1-6-5-9(18-11(6)13)12(17)16-10-7(14)3-2-4-8(10)15/h2-5H,15H2,1H3,(H,16,17). The van der Waals surface area contributed by atoms with Crippen molar-refractivity contribution in [1.29, 1.82) is 0 Å². The second-order valence-electron chi connectivity index (χ2n) is 3.73. The number of rotatable bonds is 2. The topological polar surface area (TPSA) is 55.1 Å². The highest BCUT2D eigenvalue weighted by Crippen LogP contribution is 2.31. The van der Waals surface area contributed by atoms with E-state index in [1.165, 1.54) is 11.3 Å². The number of nitrogen functional groups attached to an aromatic ring is 1. The third-order valence-corrected chi connectivity index (χ3v) is 4.82. The summed E-state index contributed by atoms with van der Waals surface area (Å²) in [5, 5.41) is 3.16. The first-order valence-electron chi connectivity index (χ1n) is 5.10. The number of hydrogen-bond donors (Lipinski definition) is 2. The lowest BCUT2D eigenvalue weighted by molar-refractivity contribution is 0.103. The van der Waals surface area contributed by atoms with Crippen LogP contribution in [0.2, 0.25) is 5.02 Å². The van der Waals surface area contributed by atoms with Gasteiger partial charge in [-0.15, -0.1) is 11.3 Å². The van der Waals surface area contributed by atoms with E-state index in [1.807, 2.05) is 13.0 Å². The van der Waals surface area contributed by atoms with Gasteiger partial charge in [-0.3, -0.25) is 4.79 Å². The molecule has 0 fully saturated rings. The third-order valence-electron chi connectivity index (χ3n) is 2.37. The fraction of sp³-hybridized carbons (Fsp3) is 0.0833. The van der Waals surface area contributed by atoms with Crippen molar-refractivity contribution in [2.75, 3.05) is 11.1 Å². The van der Waals surface area contributed by atoms with Crippen LogP contribution in [0.25, 0.3) is 0 Å². The Hall–Kier alpha value is -1.04.